The average molecular weight is 427 g/mol. The van der Waals surface area contributed by atoms with Gasteiger partial charge in [-0.15, -0.1) is 34.4 Å². The summed E-state index contributed by atoms with van der Waals surface area (Å²) in [6, 6.07) is 11.9. The summed E-state index contributed by atoms with van der Waals surface area (Å²) in [7, 11) is 0. The van der Waals surface area contributed by atoms with E-state index in [1.54, 1.807) is 22.7 Å². The highest BCUT2D eigenvalue weighted by Crippen LogP contribution is 2.41. The molecule has 2 aliphatic heterocycles. The fourth-order valence-corrected chi connectivity index (χ4v) is 6.49. The molecule has 2 atom stereocenters. The first-order valence-corrected chi connectivity index (χ1v) is 11.8. The lowest BCUT2D eigenvalue weighted by molar-refractivity contribution is -0.115. The van der Waals surface area contributed by atoms with Crippen molar-refractivity contribution in [1.82, 2.24) is 4.90 Å². The van der Waals surface area contributed by atoms with Crippen LogP contribution in [0.25, 0.3) is 0 Å². The number of nitrogens with one attached hydrogen (secondary N) is 1. The molecule has 0 aliphatic carbocycles. The fourth-order valence-electron chi connectivity index (χ4n) is 3.80. The molecule has 4 heterocycles. The van der Waals surface area contributed by atoms with Crippen LogP contribution >= 0.6 is 34.4 Å². The monoisotopic (exact) mass is 426 g/mol. The molecule has 3 aromatic rings. The molecule has 0 fully saturated rings. The highest BCUT2D eigenvalue weighted by molar-refractivity contribution is 8.00. The Balaban J connectivity index is 1.51. The zero-order valence-corrected chi connectivity index (χ0v) is 17.6. The van der Waals surface area contributed by atoms with Crippen LogP contribution in [0.5, 0.6) is 0 Å². The molecule has 1 N–H and O–H groups in total. The molecule has 2 aliphatic rings. The lowest BCUT2D eigenvalue weighted by Gasteiger charge is -2.35. The van der Waals surface area contributed by atoms with E-state index >= 15 is 0 Å². The van der Waals surface area contributed by atoms with E-state index in [2.05, 4.69) is 28.2 Å². The van der Waals surface area contributed by atoms with Gasteiger partial charge in [0.2, 0.25) is 5.91 Å². The summed E-state index contributed by atoms with van der Waals surface area (Å²) in [4.78, 5) is 31.0. The zero-order chi connectivity index (χ0) is 19.3. The minimum atomic E-state index is -0.114. The first kappa shape index (κ1) is 18.0. The lowest BCUT2D eigenvalue weighted by atomic mass is 9.97. The van der Waals surface area contributed by atoms with Gasteiger partial charge < -0.3 is 10.2 Å². The van der Waals surface area contributed by atoms with Crippen LogP contribution in [0.4, 0.5) is 5.69 Å². The van der Waals surface area contributed by atoms with Crippen molar-refractivity contribution in [3.8, 4) is 0 Å². The number of rotatable bonds is 2. The van der Waals surface area contributed by atoms with Gasteiger partial charge in [-0.3, -0.25) is 9.59 Å². The Labute approximate surface area is 175 Å². The van der Waals surface area contributed by atoms with E-state index in [4.69, 9.17) is 0 Å². The molecule has 2 aromatic heterocycles. The number of carbonyl (C=O) groups excluding carboxylic acids is 2. The minimum absolute atomic E-state index is 0.0101. The Hall–Kier alpha value is -2.09. The summed E-state index contributed by atoms with van der Waals surface area (Å²) in [5.41, 5.74) is 2.59. The molecule has 2 amide bonds. The van der Waals surface area contributed by atoms with Gasteiger partial charge in [-0.1, -0.05) is 6.07 Å². The highest BCUT2D eigenvalue weighted by Gasteiger charge is 2.34. The summed E-state index contributed by atoms with van der Waals surface area (Å²) in [6.45, 7) is 2.59. The van der Waals surface area contributed by atoms with Crippen LogP contribution in [-0.4, -0.2) is 28.5 Å². The Morgan fingerprint density at radius 1 is 1.18 bits per heavy atom. The molecule has 0 bridgehead atoms. The molecular weight excluding hydrogens is 408 g/mol. The van der Waals surface area contributed by atoms with Crippen molar-refractivity contribution in [2.24, 2.45) is 0 Å². The van der Waals surface area contributed by atoms with Gasteiger partial charge in [0.15, 0.2) is 0 Å². The number of hydrogen-bond donors (Lipinski definition) is 1. The van der Waals surface area contributed by atoms with E-state index in [1.165, 1.54) is 27.1 Å². The number of anilines is 1. The number of carbonyl (C=O) groups is 2. The van der Waals surface area contributed by atoms with Crippen LogP contribution < -0.4 is 5.32 Å². The Morgan fingerprint density at radius 3 is 2.89 bits per heavy atom. The second kappa shape index (κ2) is 7.06. The third kappa shape index (κ3) is 2.98. The SMILES string of the molecule is CC1Sc2ccc(C(=O)N3CCc4sccc4C3c3cccs3)cc2NC1=O. The lowest BCUT2D eigenvalue weighted by Crippen LogP contribution is -2.39. The van der Waals surface area contributed by atoms with Crippen LogP contribution in [0.3, 0.4) is 0 Å². The van der Waals surface area contributed by atoms with Crippen molar-refractivity contribution in [3.63, 3.8) is 0 Å². The van der Waals surface area contributed by atoms with Crippen LogP contribution in [-0.2, 0) is 11.2 Å². The molecule has 4 nitrogen and oxygen atoms in total. The molecule has 2 unspecified atom stereocenters. The van der Waals surface area contributed by atoms with Gasteiger partial charge in [-0.25, -0.2) is 0 Å². The summed E-state index contributed by atoms with van der Waals surface area (Å²) in [5, 5.41) is 6.99. The highest BCUT2D eigenvalue weighted by atomic mass is 32.2. The van der Waals surface area contributed by atoms with Crippen molar-refractivity contribution in [2.45, 2.75) is 29.5 Å². The Morgan fingerprint density at radius 2 is 2.07 bits per heavy atom. The molecule has 0 saturated heterocycles. The van der Waals surface area contributed by atoms with E-state index in [-0.39, 0.29) is 23.1 Å². The first-order valence-electron chi connectivity index (χ1n) is 9.14. The molecule has 1 aromatic carbocycles. The van der Waals surface area contributed by atoms with Gasteiger partial charge in [0.25, 0.3) is 5.91 Å². The standard InChI is InChI=1S/C21H18N2O2S3/c1-12-20(24)22-15-11-13(4-5-17(15)28-12)21(25)23-8-6-16-14(7-10-27-16)19(23)18-3-2-9-26-18/h2-5,7,9-12,19H,6,8H2,1H3,(H,22,24). The smallest absolute Gasteiger partial charge is 0.254 e. The minimum Gasteiger partial charge on any atom is -0.326 e. The summed E-state index contributed by atoms with van der Waals surface area (Å²) in [6.07, 6.45) is 0.885. The van der Waals surface area contributed by atoms with Crippen molar-refractivity contribution >= 4 is 51.9 Å². The maximum absolute atomic E-state index is 13.5. The molecule has 28 heavy (non-hydrogen) atoms. The van der Waals surface area contributed by atoms with Gasteiger partial charge in [0, 0.05) is 26.8 Å². The van der Waals surface area contributed by atoms with Gasteiger partial charge in [-0.05, 0) is 60.0 Å². The van der Waals surface area contributed by atoms with Crippen LogP contribution in [0.15, 0.2) is 52.1 Å². The van der Waals surface area contributed by atoms with Crippen molar-refractivity contribution in [1.29, 1.82) is 0 Å². The van der Waals surface area contributed by atoms with Crippen molar-refractivity contribution < 1.29 is 9.59 Å². The first-order chi connectivity index (χ1) is 13.6. The number of nitrogens with zero attached hydrogens (tertiary/aromatic N) is 1. The van der Waals surface area contributed by atoms with Gasteiger partial charge in [-0.2, -0.15) is 0 Å². The molecule has 7 heteroatoms. The van der Waals surface area contributed by atoms with Crippen LogP contribution in [0.2, 0.25) is 0 Å². The predicted octanol–water partition coefficient (Wildman–Crippen LogP) is 5.03. The Bertz CT molecular complexity index is 1060. The largest absolute Gasteiger partial charge is 0.326 e. The average Bonchev–Trinajstić information content (AvgIpc) is 3.39. The topological polar surface area (TPSA) is 49.4 Å². The number of thioether (sulfide) groups is 1. The second-order valence-electron chi connectivity index (χ2n) is 6.93. The fraction of sp³-hybridized carbons (Fsp3) is 0.238. The number of hydrogen-bond acceptors (Lipinski definition) is 5. The third-order valence-corrected chi connectivity index (χ3v) is 8.30. The number of thiophene rings is 2. The van der Waals surface area contributed by atoms with Gasteiger partial charge >= 0.3 is 0 Å². The van der Waals surface area contributed by atoms with Crippen LogP contribution in [0, 0.1) is 0 Å². The number of amides is 2. The molecule has 5 rings (SSSR count). The van der Waals surface area contributed by atoms with Gasteiger partial charge in [0.05, 0.1) is 17.0 Å². The Kier molecular flexibility index (Phi) is 4.53. The van der Waals surface area contributed by atoms with Crippen molar-refractivity contribution in [2.75, 3.05) is 11.9 Å². The summed E-state index contributed by atoms with van der Waals surface area (Å²) >= 11 is 4.99. The van der Waals surface area contributed by atoms with E-state index < -0.39 is 0 Å². The second-order valence-corrected chi connectivity index (χ2v) is 10.3. The summed E-state index contributed by atoms with van der Waals surface area (Å²) < 4.78 is 0. The van der Waals surface area contributed by atoms with E-state index in [0.717, 1.165) is 17.0 Å². The molecule has 0 spiro atoms. The van der Waals surface area contributed by atoms with Crippen molar-refractivity contribution in [3.05, 3.63) is 68.0 Å². The molecule has 142 valence electrons. The quantitative estimate of drug-likeness (QED) is 0.625. The third-order valence-electron chi connectivity index (χ3n) is 5.20. The maximum Gasteiger partial charge on any atom is 0.254 e. The molecular formula is C21H18N2O2S3. The van der Waals surface area contributed by atoms with Crippen LogP contribution in [0.1, 0.15) is 38.6 Å². The number of fused-ring (bicyclic) bond motifs is 2. The van der Waals surface area contributed by atoms with E-state index in [0.29, 0.717) is 12.1 Å². The van der Waals surface area contributed by atoms with E-state index in [1.807, 2.05) is 36.1 Å². The maximum atomic E-state index is 13.5. The number of benzene rings is 1. The zero-order valence-electron chi connectivity index (χ0n) is 15.2. The van der Waals surface area contributed by atoms with Gasteiger partial charge in [0.1, 0.15) is 0 Å². The molecule has 0 saturated carbocycles. The predicted molar refractivity (Wildman–Crippen MR) is 116 cm³/mol. The molecule has 0 radical (unpaired) electrons. The normalized spacial score (nSPS) is 21.0. The van der Waals surface area contributed by atoms with E-state index in [9.17, 15) is 9.59 Å². The summed E-state index contributed by atoms with van der Waals surface area (Å²) in [5.74, 6) is -0.00429.